The number of halogens is 1. The van der Waals surface area contributed by atoms with E-state index in [1.54, 1.807) is 20.5 Å². The Morgan fingerprint density at radius 3 is 2.43 bits per heavy atom. The SMILES string of the molecule is CCCc1ccccc1.CNC(=O)CNC(=O)C1CN(C(=O)Cc2c[nH]c3cc(Cl)ccc23)CC2CN(C(=O)c3nn(C)c4ccccc34)CC21. The summed E-state index contributed by atoms with van der Waals surface area (Å²) in [6.45, 7) is 3.47. The Hall–Kier alpha value is -5.16. The molecular weight excluding hydrogens is 666 g/mol. The number of benzene rings is 3. The number of carbonyl (C=O) groups excluding carboxylic acids is 4. The third-order valence-corrected chi connectivity index (χ3v) is 10.2. The fourth-order valence-electron chi connectivity index (χ4n) is 7.34. The Morgan fingerprint density at radius 2 is 1.67 bits per heavy atom. The van der Waals surface area contributed by atoms with Gasteiger partial charge in [0.25, 0.3) is 5.91 Å². The molecule has 4 heterocycles. The predicted octanol–water partition coefficient (Wildman–Crippen LogP) is 4.60. The smallest absolute Gasteiger partial charge is 0.275 e. The molecule has 0 saturated carbocycles. The Bertz CT molecular complexity index is 2040. The molecule has 11 nitrogen and oxygen atoms in total. The van der Waals surface area contributed by atoms with Gasteiger partial charge in [-0.05, 0) is 47.6 Å². The van der Waals surface area contributed by atoms with Gasteiger partial charge in [0.2, 0.25) is 17.7 Å². The number of rotatable bonds is 8. The minimum absolute atomic E-state index is 0.0980. The van der Waals surface area contributed by atoms with Crippen LogP contribution in [-0.4, -0.2) is 88.0 Å². The average molecular weight is 710 g/mol. The van der Waals surface area contributed by atoms with E-state index in [-0.39, 0.29) is 55.0 Å². The highest BCUT2D eigenvalue weighted by atomic mass is 35.5. The number of nitrogens with zero attached hydrogens (tertiary/aromatic N) is 4. The fourth-order valence-corrected chi connectivity index (χ4v) is 7.52. The normalized spacial score (nSPS) is 18.2. The lowest BCUT2D eigenvalue weighted by molar-refractivity contribution is -0.139. The molecule has 2 saturated heterocycles. The molecular formula is C39H44ClN7O4. The van der Waals surface area contributed by atoms with Crippen LogP contribution < -0.4 is 10.6 Å². The molecule has 0 spiro atoms. The van der Waals surface area contributed by atoms with Gasteiger partial charge in [0.05, 0.1) is 24.4 Å². The monoisotopic (exact) mass is 709 g/mol. The zero-order valence-electron chi connectivity index (χ0n) is 29.2. The summed E-state index contributed by atoms with van der Waals surface area (Å²) in [4.78, 5) is 59.3. The van der Waals surface area contributed by atoms with E-state index in [0.717, 1.165) is 27.4 Å². The number of hydrogen-bond donors (Lipinski definition) is 3. The summed E-state index contributed by atoms with van der Waals surface area (Å²) in [6, 6.07) is 23.7. The highest BCUT2D eigenvalue weighted by molar-refractivity contribution is 6.31. The molecule has 2 fully saturated rings. The van der Waals surface area contributed by atoms with E-state index in [2.05, 4.69) is 58.0 Å². The van der Waals surface area contributed by atoms with Crippen molar-refractivity contribution in [2.24, 2.45) is 24.8 Å². The van der Waals surface area contributed by atoms with Gasteiger partial charge in [-0.15, -0.1) is 0 Å². The van der Waals surface area contributed by atoms with Crippen LogP contribution in [0.15, 0.2) is 79.0 Å². The van der Waals surface area contributed by atoms with Crippen LogP contribution in [0.3, 0.4) is 0 Å². The predicted molar refractivity (Wildman–Crippen MR) is 198 cm³/mol. The van der Waals surface area contributed by atoms with Crippen molar-refractivity contribution in [2.75, 3.05) is 39.8 Å². The first-order valence-corrected chi connectivity index (χ1v) is 17.8. The third-order valence-electron chi connectivity index (χ3n) is 9.97. The molecule has 3 aromatic carbocycles. The van der Waals surface area contributed by atoms with Crippen LogP contribution in [0.5, 0.6) is 0 Å². The van der Waals surface area contributed by atoms with E-state index in [1.807, 2.05) is 49.6 Å². The molecule has 3 unspecified atom stereocenters. The van der Waals surface area contributed by atoms with E-state index >= 15 is 0 Å². The van der Waals surface area contributed by atoms with Crippen molar-refractivity contribution in [3.63, 3.8) is 0 Å². The molecule has 3 atom stereocenters. The van der Waals surface area contributed by atoms with Crippen molar-refractivity contribution < 1.29 is 19.2 Å². The molecule has 7 rings (SSSR count). The largest absolute Gasteiger partial charge is 0.361 e. The number of amides is 4. The number of hydrogen-bond acceptors (Lipinski definition) is 5. The van der Waals surface area contributed by atoms with Crippen LogP contribution in [0.4, 0.5) is 0 Å². The molecule has 51 heavy (non-hydrogen) atoms. The maximum atomic E-state index is 13.7. The zero-order chi connectivity index (χ0) is 36.1. The summed E-state index contributed by atoms with van der Waals surface area (Å²) >= 11 is 6.12. The van der Waals surface area contributed by atoms with Gasteiger partial charge in [-0.25, -0.2) is 0 Å². The van der Waals surface area contributed by atoms with Gasteiger partial charge < -0.3 is 25.4 Å². The van der Waals surface area contributed by atoms with Gasteiger partial charge in [-0.1, -0.05) is 79.5 Å². The van der Waals surface area contributed by atoms with Gasteiger partial charge in [0.1, 0.15) is 0 Å². The number of H-pyrrole nitrogens is 1. The van der Waals surface area contributed by atoms with Crippen molar-refractivity contribution in [3.8, 4) is 0 Å². The average Bonchev–Trinajstić information content (AvgIpc) is 3.85. The first kappa shape index (κ1) is 35.7. The third kappa shape index (κ3) is 7.93. The van der Waals surface area contributed by atoms with Crippen LogP contribution in [0.2, 0.25) is 5.02 Å². The van der Waals surface area contributed by atoms with Crippen LogP contribution in [0.1, 0.15) is 35.0 Å². The number of nitrogens with one attached hydrogen (secondary N) is 3. The number of aromatic nitrogens is 3. The molecule has 2 aliphatic rings. The van der Waals surface area contributed by atoms with Crippen molar-refractivity contribution in [3.05, 3.63) is 101 Å². The number of carbonyl (C=O) groups is 4. The van der Waals surface area contributed by atoms with Crippen molar-refractivity contribution in [1.29, 1.82) is 0 Å². The molecule has 266 valence electrons. The van der Waals surface area contributed by atoms with Gasteiger partial charge in [0, 0.05) is 67.8 Å². The topological polar surface area (TPSA) is 132 Å². The van der Waals surface area contributed by atoms with Gasteiger partial charge in [0.15, 0.2) is 5.69 Å². The lowest BCUT2D eigenvalue weighted by Gasteiger charge is -2.39. The van der Waals surface area contributed by atoms with E-state index in [0.29, 0.717) is 30.4 Å². The Balaban J connectivity index is 0.000000435. The van der Waals surface area contributed by atoms with Gasteiger partial charge in [-0.3, -0.25) is 23.9 Å². The second-order valence-corrected chi connectivity index (χ2v) is 13.8. The minimum Gasteiger partial charge on any atom is -0.361 e. The molecule has 0 bridgehead atoms. The number of likely N-dealkylation sites (N-methyl/N-ethyl adjacent to an activating group) is 1. The number of piperidine rings is 1. The first-order valence-electron chi connectivity index (χ1n) is 17.4. The fraction of sp³-hybridized carbons (Fsp3) is 0.359. The number of fused-ring (bicyclic) bond motifs is 3. The van der Waals surface area contributed by atoms with E-state index in [1.165, 1.54) is 25.5 Å². The van der Waals surface area contributed by atoms with Crippen molar-refractivity contribution >= 4 is 57.0 Å². The highest BCUT2D eigenvalue weighted by Gasteiger charge is 2.48. The molecule has 2 aliphatic heterocycles. The Morgan fingerprint density at radius 1 is 0.922 bits per heavy atom. The van der Waals surface area contributed by atoms with Gasteiger partial charge in [-0.2, -0.15) is 5.10 Å². The maximum Gasteiger partial charge on any atom is 0.275 e. The number of aryl methyl sites for hydroxylation is 2. The Labute approximate surface area is 302 Å². The molecule has 4 amide bonds. The van der Waals surface area contributed by atoms with Crippen LogP contribution in [-0.2, 0) is 34.3 Å². The molecule has 0 aliphatic carbocycles. The number of aromatic amines is 1. The minimum atomic E-state index is -0.572. The van der Waals surface area contributed by atoms with Gasteiger partial charge >= 0.3 is 0 Å². The van der Waals surface area contributed by atoms with Crippen molar-refractivity contribution in [2.45, 2.75) is 26.2 Å². The zero-order valence-corrected chi connectivity index (χ0v) is 30.0. The molecule has 2 aromatic heterocycles. The summed E-state index contributed by atoms with van der Waals surface area (Å²) in [5, 5.41) is 12.0. The summed E-state index contributed by atoms with van der Waals surface area (Å²) in [6.07, 6.45) is 4.42. The first-order chi connectivity index (χ1) is 24.7. The summed E-state index contributed by atoms with van der Waals surface area (Å²) in [7, 11) is 3.31. The molecule has 0 radical (unpaired) electrons. The van der Waals surface area contributed by atoms with E-state index in [9.17, 15) is 19.2 Å². The number of likely N-dealkylation sites (tertiary alicyclic amines) is 2. The summed E-state index contributed by atoms with van der Waals surface area (Å²) < 4.78 is 1.69. The summed E-state index contributed by atoms with van der Waals surface area (Å²) in [5.41, 5.74) is 4.38. The molecule has 3 N–H and O–H groups in total. The second kappa shape index (κ2) is 15.8. The standard InChI is InChI=1S/C30H32ClN7O4.C9H12/c1-32-26(39)12-34-29(41)23-16-37(27(40)9-17-11-33-24-10-19(31)7-8-20(17)24)13-18-14-38(15-22(18)23)30(42)28-21-5-3-4-6-25(21)36(2)35-28;1-2-6-9-7-4-3-5-8-9/h3-8,10-11,18,22-23,33H,9,12-16H2,1-2H3,(H,32,39)(H,34,41);3-5,7-8H,2,6H2,1H3. The van der Waals surface area contributed by atoms with Crippen LogP contribution >= 0.6 is 11.6 Å². The second-order valence-electron chi connectivity index (χ2n) is 13.3. The van der Waals surface area contributed by atoms with Crippen molar-refractivity contribution in [1.82, 2.24) is 35.2 Å². The number of para-hydroxylation sites is 1. The van der Waals surface area contributed by atoms with E-state index in [4.69, 9.17) is 11.6 Å². The quantitative estimate of drug-likeness (QED) is 0.217. The van der Waals surface area contributed by atoms with Crippen LogP contribution in [0, 0.1) is 17.8 Å². The lowest BCUT2D eigenvalue weighted by atomic mass is 9.79. The van der Waals surface area contributed by atoms with E-state index < -0.39 is 5.92 Å². The lowest BCUT2D eigenvalue weighted by Crippen LogP contribution is -2.54. The maximum absolute atomic E-state index is 13.7. The van der Waals surface area contributed by atoms with Crippen LogP contribution in [0.25, 0.3) is 21.8 Å². The summed E-state index contributed by atoms with van der Waals surface area (Å²) in [5.74, 6) is -1.74. The molecule has 5 aromatic rings. The Kier molecular flexibility index (Phi) is 11.1. The molecule has 12 heteroatoms. The highest BCUT2D eigenvalue weighted by Crippen LogP contribution is 2.37.